The van der Waals surface area contributed by atoms with Crippen LogP contribution in [0, 0.1) is 0 Å². The van der Waals surface area contributed by atoms with Crippen molar-refractivity contribution in [1.29, 1.82) is 0 Å². The Hall–Kier alpha value is -1.26. The van der Waals surface area contributed by atoms with Crippen molar-refractivity contribution in [2.75, 3.05) is 19.6 Å². The van der Waals surface area contributed by atoms with Crippen molar-refractivity contribution >= 4 is 11.9 Å². The van der Waals surface area contributed by atoms with Crippen molar-refractivity contribution in [1.82, 2.24) is 15.5 Å². The maximum atomic E-state index is 11.5. The van der Waals surface area contributed by atoms with Gasteiger partial charge in [0.25, 0.3) is 0 Å². The third-order valence-corrected chi connectivity index (χ3v) is 2.41. The van der Waals surface area contributed by atoms with Crippen molar-refractivity contribution < 1.29 is 9.59 Å². The second-order valence-corrected chi connectivity index (χ2v) is 3.86. The van der Waals surface area contributed by atoms with E-state index >= 15 is 0 Å². The van der Waals surface area contributed by atoms with E-state index < -0.39 is 0 Å². The summed E-state index contributed by atoms with van der Waals surface area (Å²) < 4.78 is 0. The summed E-state index contributed by atoms with van der Waals surface area (Å²) in [6, 6.07) is 0.0968. The third-order valence-electron chi connectivity index (χ3n) is 2.41. The standard InChI is InChI=1S/C10H19N3O2/c1-3-5-11-10(15)13-6-4-9(7-13)12-8(2)14/h9H,3-7H2,1-2H3,(H,11,15)(H,12,14). The number of hydrogen-bond donors (Lipinski definition) is 2. The maximum absolute atomic E-state index is 11.5. The van der Waals surface area contributed by atoms with Crippen LogP contribution < -0.4 is 10.6 Å². The second kappa shape index (κ2) is 5.58. The summed E-state index contributed by atoms with van der Waals surface area (Å²) in [5.41, 5.74) is 0. The number of nitrogens with zero attached hydrogens (tertiary/aromatic N) is 1. The highest BCUT2D eigenvalue weighted by atomic mass is 16.2. The number of likely N-dealkylation sites (tertiary alicyclic amines) is 1. The van der Waals surface area contributed by atoms with Crippen LogP contribution in [0.3, 0.4) is 0 Å². The van der Waals surface area contributed by atoms with Gasteiger partial charge in [-0.15, -0.1) is 0 Å². The Morgan fingerprint density at radius 3 is 2.80 bits per heavy atom. The van der Waals surface area contributed by atoms with Gasteiger partial charge in [0.1, 0.15) is 0 Å². The molecule has 0 saturated carbocycles. The molecule has 2 N–H and O–H groups in total. The first-order valence-electron chi connectivity index (χ1n) is 5.43. The lowest BCUT2D eigenvalue weighted by atomic mass is 10.3. The van der Waals surface area contributed by atoms with Gasteiger partial charge < -0.3 is 15.5 Å². The van der Waals surface area contributed by atoms with Crippen molar-refractivity contribution in [3.05, 3.63) is 0 Å². The molecule has 1 aliphatic rings. The molecule has 0 radical (unpaired) electrons. The molecule has 1 fully saturated rings. The Morgan fingerprint density at radius 1 is 1.47 bits per heavy atom. The summed E-state index contributed by atoms with van der Waals surface area (Å²) >= 11 is 0. The van der Waals surface area contributed by atoms with E-state index in [9.17, 15) is 9.59 Å². The average Bonchev–Trinajstić information content (AvgIpc) is 2.61. The molecule has 1 aliphatic heterocycles. The molecule has 0 aromatic carbocycles. The van der Waals surface area contributed by atoms with Crippen molar-refractivity contribution in [3.8, 4) is 0 Å². The molecule has 1 saturated heterocycles. The molecule has 0 aliphatic carbocycles. The van der Waals surface area contributed by atoms with E-state index in [2.05, 4.69) is 10.6 Å². The van der Waals surface area contributed by atoms with Crippen LogP contribution in [0.4, 0.5) is 4.79 Å². The third kappa shape index (κ3) is 3.77. The van der Waals surface area contributed by atoms with E-state index in [1.807, 2.05) is 6.92 Å². The van der Waals surface area contributed by atoms with E-state index in [-0.39, 0.29) is 18.0 Å². The Kier molecular flexibility index (Phi) is 4.39. The van der Waals surface area contributed by atoms with Gasteiger partial charge in [-0.3, -0.25) is 4.79 Å². The van der Waals surface area contributed by atoms with E-state index in [4.69, 9.17) is 0 Å². The van der Waals surface area contributed by atoms with Crippen molar-refractivity contribution in [2.24, 2.45) is 0 Å². The summed E-state index contributed by atoms with van der Waals surface area (Å²) in [4.78, 5) is 24.1. The van der Waals surface area contributed by atoms with Crippen LogP contribution in [-0.4, -0.2) is 42.5 Å². The molecular weight excluding hydrogens is 194 g/mol. The fraction of sp³-hybridized carbons (Fsp3) is 0.800. The molecule has 86 valence electrons. The fourth-order valence-electron chi connectivity index (χ4n) is 1.69. The molecule has 3 amide bonds. The highest BCUT2D eigenvalue weighted by Gasteiger charge is 2.26. The lowest BCUT2D eigenvalue weighted by molar-refractivity contribution is -0.119. The highest BCUT2D eigenvalue weighted by Crippen LogP contribution is 2.08. The van der Waals surface area contributed by atoms with Gasteiger partial charge >= 0.3 is 6.03 Å². The lowest BCUT2D eigenvalue weighted by Crippen LogP contribution is -2.41. The SMILES string of the molecule is CCCNC(=O)N1CCC(NC(C)=O)C1. The molecule has 1 heterocycles. The topological polar surface area (TPSA) is 61.4 Å². The van der Waals surface area contributed by atoms with E-state index in [1.165, 1.54) is 6.92 Å². The molecule has 5 nitrogen and oxygen atoms in total. The lowest BCUT2D eigenvalue weighted by Gasteiger charge is -2.17. The summed E-state index contributed by atoms with van der Waals surface area (Å²) in [6.07, 6.45) is 1.79. The minimum absolute atomic E-state index is 0.0234. The minimum atomic E-state index is -0.0317. The number of urea groups is 1. The first-order chi connectivity index (χ1) is 7.13. The molecule has 0 aromatic rings. The van der Waals surface area contributed by atoms with Gasteiger partial charge in [-0.1, -0.05) is 6.92 Å². The molecule has 0 aromatic heterocycles. The number of rotatable bonds is 3. The van der Waals surface area contributed by atoms with Crippen LogP contribution in [-0.2, 0) is 4.79 Å². The van der Waals surface area contributed by atoms with Crippen molar-refractivity contribution in [3.63, 3.8) is 0 Å². The molecule has 5 heteroatoms. The van der Waals surface area contributed by atoms with Gasteiger partial charge in [0.2, 0.25) is 5.91 Å². The zero-order valence-corrected chi connectivity index (χ0v) is 9.38. The average molecular weight is 213 g/mol. The predicted molar refractivity (Wildman–Crippen MR) is 57.5 cm³/mol. The zero-order valence-electron chi connectivity index (χ0n) is 9.38. The molecule has 1 unspecified atom stereocenters. The first kappa shape index (κ1) is 11.8. The molecule has 0 bridgehead atoms. The van der Waals surface area contributed by atoms with Gasteiger partial charge in [-0.25, -0.2) is 4.79 Å². The highest BCUT2D eigenvalue weighted by molar-refractivity contribution is 5.75. The monoisotopic (exact) mass is 213 g/mol. The van der Waals surface area contributed by atoms with E-state index in [0.29, 0.717) is 13.1 Å². The number of carbonyl (C=O) groups excluding carboxylic acids is 2. The largest absolute Gasteiger partial charge is 0.352 e. The number of carbonyl (C=O) groups is 2. The van der Waals surface area contributed by atoms with Crippen LogP contribution in [0.25, 0.3) is 0 Å². The number of nitrogens with one attached hydrogen (secondary N) is 2. The van der Waals surface area contributed by atoms with Crippen LogP contribution in [0.2, 0.25) is 0 Å². The molecule has 15 heavy (non-hydrogen) atoms. The summed E-state index contributed by atoms with van der Waals surface area (Å²) in [6.45, 7) is 5.57. The van der Waals surface area contributed by atoms with E-state index in [1.54, 1.807) is 4.90 Å². The van der Waals surface area contributed by atoms with Gasteiger partial charge in [-0.2, -0.15) is 0 Å². The van der Waals surface area contributed by atoms with Crippen LogP contribution in [0.1, 0.15) is 26.7 Å². The van der Waals surface area contributed by atoms with Gasteiger partial charge in [0, 0.05) is 32.6 Å². The van der Waals surface area contributed by atoms with Crippen LogP contribution in [0.15, 0.2) is 0 Å². The van der Waals surface area contributed by atoms with Gasteiger partial charge in [0.05, 0.1) is 0 Å². The Morgan fingerprint density at radius 2 is 2.20 bits per heavy atom. The van der Waals surface area contributed by atoms with E-state index in [0.717, 1.165) is 19.4 Å². The molecular formula is C10H19N3O2. The van der Waals surface area contributed by atoms with Crippen molar-refractivity contribution in [2.45, 2.75) is 32.7 Å². The smallest absolute Gasteiger partial charge is 0.317 e. The Labute approximate surface area is 90.2 Å². The molecule has 1 atom stereocenters. The summed E-state index contributed by atoms with van der Waals surface area (Å²) in [5, 5.41) is 5.64. The summed E-state index contributed by atoms with van der Waals surface area (Å²) in [5.74, 6) is -0.0317. The quantitative estimate of drug-likeness (QED) is 0.709. The minimum Gasteiger partial charge on any atom is -0.352 e. The number of hydrogen-bond acceptors (Lipinski definition) is 2. The van der Waals surface area contributed by atoms with Gasteiger partial charge in [0.15, 0.2) is 0 Å². The second-order valence-electron chi connectivity index (χ2n) is 3.86. The Balaban J connectivity index is 2.29. The number of amides is 3. The first-order valence-corrected chi connectivity index (χ1v) is 5.43. The fourth-order valence-corrected chi connectivity index (χ4v) is 1.69. The summed E-state index contributed by atoms with van der Waals surface area (Å²) in [7, 11) is 0. The normalized spacial score (nSPS) is 20.1. The predicted octanol–water partition coefficient (Wildman–Crippen LogP) is 0.316. The molecule has 1 rings (SSSR count). The Bertz CT molecular complexity index is 243. The van der Waals surface area contributed by atoms with Gasteiger partial charge in [-0.05, 0) is 12.8 Å². The molecule has 0 spiro atoms. The van der Waals surface area contributed by atoms with Crippen LogP contribution >= 0.6 is 0 Å². The zero-order chi connectivity index (χ0) is 11.3. The van der Waals surface area contributed by atoms with Crippen LogP contribution in [0.5, 0.6) is 0 Å². The maximum Gasteiger partial charge on any atom is 0.317 e.